The first-order chi connectivity index (χ1) is 13.0. The van der Waals surface area contributed by atoms with Crippen LogP contribution in [0.25, 0.3) is 0 Å². The van der Waals surface area contributed by atoms with Crippen molar-refractivity contribution >= 4 is 6.09 Å². The molecule has 2 aromatic carbocycles. The summed E-state index contributed by atoms with van der Waals surface area (Å²) in [6, 6.07) is 11.8. The number of amides is 1. The Bertz CT molecular complexity index is 796. The minimum absolute atomic E-state index is 0.0319. The molecule has 0 spiro atoms. The average Bonchev–Trinajstić information content (AvgIpc) is 2.67. The normalized spacial score (nSPS) is 21.0. The summed E-state index contributed by atoms with van der Waals surface area (Å²) in [5.74, 6) is -0.735. The van der Waals surface area contributed by atoms with Crippen molar-refractivity contribution < 1.29 is 23.4 Å². The number of aliphatic hydroxyl groups is 1. The van der Waals surface area contributed by atoms with Crippen molar-refractivity contribution in [2.75, 3.05) is 13.2 Å². The Morgan fingerprint density at radius 1 is 1.19 bits per heavy atom. The van der Waals surface area contributed by atoms with Crippen molar-refractivity contribution in [2.45, 2.75) is 37.8 Å². The number of hydrogen-bond acceptors (Lipinski definition) is 3. The maximum absolute atomic E-state index is 14.1. The lowest BCUT2D eigenvalue weighted by Crippen LogP contribution is -2.49. The van der Waals surface area contributed by atoms with Crippen LogP contribution in [0.1, 0.15) is 43.4 Å². The molecule has 0 aromatic heterocycles. The van der Waals surface area contributed by atoms with Gasteiger partial charge in [-0.15, -0.1) is 0 Å². The molecule has 0 saturated carbocycles. The third-order valence-electron chi connectivity index (χ3n) is 5.21. The highest BCUT2D eigenvalue weighted by atomic mass is 19.1. The van der Waals surface area contributed by atoms with Gasteiger partial charge in [0.1, 0.15) is 17.2 Å². The standard InChI is InChI=1S/C21H23F2NO3/c1-15(18-5-2-3-6-19(18)23)24-13-12-21(11-4-14-25,27-20(24)26)16-7-9-17(22)10-8-16/h2-3,5-10,15,25H,4,11-14H2,1H3/t15-,21+/m0/s1. The zero-order chi connectivity index (χ0) is 19.4. The Morgan fingerprint density at radius 3 is 2.52 bits per heavy atom. The molecule has 1 heterocycles. The van der Waals surface area contributed by atoms with Gasteiger partial charge in [-0.05, 0) is 43.5 Å². The molecule has 1 fully saturated rings. The SMILES string of the molecule is C[C@@H](c1ccccc1F)N1CC[C@](CCCO)(c2ccc(F)cc2)OC1=O. The summed E-state index contributed by atoms with van der Waals surface area (Å²) >= 11 is 0. The number of ether oxygens (including phenoxy) is 1. The van der Waals surface area contributed by atoms with Gasteiger partial charge in [-0.1, -0.05) is 30.3 Å². The Labute approximate surface area is 157 Å². The summed E-state index contributed by atoms with van der Waals surface area (Å²) in [6.07, 6.45) is 0.818. The van der Waals surface area contributed by atoms with Crippen LogP contribution >= 0.6 is 0 Å². The number of rotatable bonds is 6. The lowest BCUT2D eigenvalue weighted by molar-refractivity contribution is -0.0682. The lowest BCUT2D eigenvalue weighted by atomic mass is 9.84. The topological polar surface area (TPSA) is 49.8 Å². The summed E-state index contributed by atoms with van der Waals surface area (Å²) in [4.78, 5) is 14.3. The van der Waals surface area contributed by atoms with E-state index in [2.05, 4.69) is 0 Å². The highest BCUT2D eigenvalue weighted by Gasteiger charge is 2.43. The molecule has 6 heteroatoms. The smallest absolute Gasteiger partial charge is 0.411 e. The Balaban J connectivity index is 1.84. The first-order valence-electron chi connectivity index (χ1n) is 9.08. The van der Waals surface area contributed by atoms with Gasteiger partial charge in [0.05, 0.1) is 6.04 Å². The number of aliphatic hydroxyl groups excluding tert-OH is 1. The molecule has 27 heavy (non-hydrogen) atoms. The van der Waals surface area contributed by atoms with Crippen LogP contribution in [0.5, 0.6) is 0 Å². The van der Waals surface area contributed by atoms with Crippen molar-refractivity contribution in [3.8, 4) is 0 Å². The van der Waals surface area contributed by atoms with Crippen molar-refractivity contribution in [3.05, 3.63) is 71.3 Å². The van der Waals surface area contributed by atoms with E-state index in [4.69, 9.17) is 4.74 Å². The number of hydrogen-bond donors (Lipinski definition) is 1. The molecule has 1 N–H and O–H groups in total. The van der Waals surface area contributed by atoms with Crippen LogP contribution < -0.4 is 0 Å². The van der Waals surface area contributed by atoms with E-state index in [-0.39, 0.29) is 18.2 Å². The van der Waals surface area contributed by atoms with Crippen LogP contribution in [0.2, 0.25) is 0 Å². The average molecular weight is 375 g/mol. The van der Waals surface area contributed by atoms with Crippen LogP contribution in [0.4, 0.5) is 13.6 Å². The molecule has 0 unspecified atom stereocenters. The van der Waals surface area contributed by atoms with Gasteiger partial charge in [0.2, 0.25) is 0 Å². The highest BCUT2D eigenvalue weighted by molar-refractivity contribution is 5.70. The second-order valence-corrected chi connectivity index (χ2v) is 6.84. The predicted molar refractivity (Wildman–Crippen MR) is 97.0 cm³/mol. The molecule has 1 amide bonds. The molecule has 0 aliphatic carbocycles. The van der Waals surface area contributed by atoms with Gasteiger partial charge in [-0.2, -0.15) is 0 Å². The minimum Gasteiger partial charge on any atom is -0.438 e. The van der Waals surface area contributed by atoms with Gasteiger partial charge in [-0.25, -0.2) is 13.6 Å². The summed E-state index contributed by atoms with van der Waals surface area (Å²) in [5, 5.41) is 9.24. The number of cyclic esters (lactones) is 1. The van der Waals surface area contributed by atoms with Crippen LogP contribution in [0, 0.1) is 11.6 Å². The van der Waals surface area contributed by atoms with Gasteiger partial charge in [0.25, 0.3) is 0 Å². The Hall–Kier alpha value is -2.47. The van der Waals surface area contributed by atoms with Crippen LogP contribution in [-0.4, -0.2) is 29.3 Å². The zero-order valence-electron chi connectivity index (χ0n) is 15.2. The summed E-state index contributed by atoms with van der Waals surface area (Å²) in [6.45, 7) is 2.10. The van der Waals surface area contributed by atoms with Crippen LogP contribution in [0.15, 0.2) is 48.5 Å². The monoisotopic (exact) mass is 375 g/mol. The van der Waals surface area contributed by atoms with Crippen molar-refractivity contribution in [1.82, 2.24) is 4.90 Å². The van der Waals surface area contributed by atoms with Gasteiger partial charge < -0.3 is 14.7 Å². The van der Waals surface area contributed by atoms with E-state index in [0.29, 0.717) is 36.9 Å². The second kappa shape index (κ2) is 8.05. The largest absolute Gasteiger partial charge is 0.438 e. The highest BCUT2D eigenvalue weighted by Crippen LogP contribution is 2.40. The number of carbonyl (C=O) groups excluding carboxylic acids is 1. The number of nitrogens with zero attached hydrogens (tertiary/aromatic N) is 1. The van der Waals surface area contributed by atoms with E-state index in [1.165, 1.54) is 23.1 Å². The van der Waals surface area contributed by atoms with Crippen LogP contribution in [0.3, 0.4) is 0 Å². The molecule has 1 aliphatic rings. The summed E-state index contributed by atoms with van der Waals surface area (Å²) in [7, 11) is 0. The van der Waals surface area contributed by atoms with E-state index < -0.39 is 17.7 Å². The van der Waals surface area contributed by atoms with Crippen molar-refractivity contribution in [2.24, 2.45) is 0 Å². The van der Waals surface area contributed by atoms with E-state index in [0.717, 1.165) is 0 Å². The molecular weight excluding hydrogens is 352 g/mol. The number of benzene rings is 2. The lowest BCUT2D eigenvalue weighted by Gasteiger charge is -2.43. The van der Waals surface area contributed by atoms with Gasteiger partial charge in [-0.3, -0.25) is 0 Å². The van der Waals surface area contributed by atoms with Crippen molar-refractivity contribution in [3.63, 3.8) is 0 Å². The summed E-state index contributed by atoms with van der Waals surface area (Å²) in [5.41, 5.74) is 0.210. The molecule has 2 atom stereocenters. The van der Waals surface area contributed by atoms with Gasteiger partial charge in [0.15, 0.2) is 0 Å². The number of carbonyl (C=O) groups is 1. The molecule has 2 aromatic rings. The molecule has 0 radical (unpaired) electrons. The maximum Gasteiger partial charge on any atom is 0.411 e. The minimum atomic E-state index is -0.918. The second-order valence-electron chi connectivity index (χ2n) is 6.84. The predicted octanol–water partition coefficient (Wildman–Crippen LogP) is 4.54. The first-order valence-corrected chi connectivity index (χ1v) is 9.08. The molecular formula is C21H23F2NO3. The fraction of sp³-hybridized carbons (Fsp3) is 0.381. The van der Waals surface area contributed by atoms with Gasteiger partial charge in [0, 0.05) is 25.1 Å². The zero-order valence-corrected chi connectivity index (χ0v) is 15.2. The molecule has 3 rings (SSSR count). The molecule has 0 bridgehead atoms. The molecule has 1 saturated heterocycles. The van der Waals surface area contributed by atoms with E-state index in [1.54, 1.807) is 37.3 Å². The third kappa shape index (κ3) is 3.95. The summed E-state index contributed by atoms with van der Waals surface area (Å²) < 4.78 is 33.2. The van der Waals surface area contributed by atoms with Crippen molar-refractivity contribution in [1.29, 1.82) is 0 Å². The molecule has 4 nitrogen and oxygen atoms in total. The van der Waals surface area contributed by atoms with Crippen LogP contribution in [-0.2, 0) is 10.3 Å². The molecule has 144 valence electrons. The Morgan fingerprint density at radius 2 is 1.89 bits per heavy atom. The third-order valence-corrected chi connectivity index (χ3v) is 5.21. The first kappa shape index (κ1) is 19.3. The van der Waals surface area contributed by atoms with E-state index >= 15 is 0 Å². The maximum atomic E-state index is 14.1. The number of halogens is 2. The fourth-order valence-corrected chi connectivity index (χ4v) is 3.64. The quantitative estimate of drug-likeness (QED) is 0.807. The Kier molecular flexibility index (Phi) is 5.75. The fourth-order valence-electron chi connectivity index (χ4n) is 3.64. The van der Waals surface area contributed by atoms with E-state index in [9.17, 15) is 18.7 Å². The molecule has 1 aliphatic heterocycles. The van der Waals surface area contributed by atoms with Gasteiger partial charge >= 0.3 is 6.09 Å². The van der Waals surface area contributed by atoms with E-state index in [1.807, 2.05) is 0 Å².